The molecule has 2 rings (SSSR count). The summed E-state index contributed by atoms with van der Waals surface area (Å²) in [6.07, 6.45) is -2.08. The Morgan fingerprint density at radius 3 is 2.21 bits per heavy atom. The molecule has 2 aliphatic carbocycles. The summed E-state index contributed by atoms with van der Waals surface area (Å²) < 4.78 is 42.5. The lowest BCUT2D eigenvalue weighted by Gasteiger charge is -2.38. The number of alkyl halides is 3. The van der Waals surface area contributed by atoms with Crippen molar-refractivity contribution in [3.05, 3.63) is 0 Å². The van der Waals surface area contributed by atoms with Crippen LogP contribution in [0.5, 0.6) is 0 Å². The summed E-state index contributed by atoms with van der Waals surface area (Å²) in [5.74, 6) is 0. The lowest BCUT2D eigenvalue weighted by molar-refractivity contribution is -0.171. The van der Waals surface area contributed by atoms with Gasteiger partial charge in [0.25, 0.3) is 0 Å². The molecule has 14 heavy (non-hydrogen) atoms. The minimum atomic E-state index is -4.09. The molecule has 0 saturated heterocycles. The first-order chi connectivity index (χ1) is 6.47. The lowest BCUT2D eigenvalue weighted by atomic mass is 9.88. The van der Waals surface area contributed by atoms with Crippen LogP contribution in [0.4, 0.5) is 13.2 Å². The lowest BCUT2D eigenvalue weighted by Crippen LogP contribution is -2.55. The smallest absolute Gasteiger partial charge is 0.381 e. The van der Waals surface area contributed by atoms with Crippen LogP contribution in [0, 0.1) is 0 Å². The Kier molecular flexibility index (Phi) is 2.27. The molecular weight excluding hydrogens is 195 g/mol. The van der Waals surface area contributed by atoms with Gasteiger partial charge in [-0.2, -0.15) is 13.2 Å². The molecule has 0 spiro atoms. The molecule has 0 unspecified atom stereocenters. The van der Waals surface area contributed by atoms with Crippen LogP contribution in [0.1, 0.15) is 25.7 Å². The van der Waals surface area contributed by atoms with Crippen molar-refractivity contribution in [2.45, 2.75) is 49.5 Å². The molecule has 0 aliphatic heterocycles. The maximum absolute atomic E-state index is 12.5. The van der Waals surface area contributed by atoms with Crippen LogP contribution in [-0.2, 0) is 4.74 Å². The van der Waals surface area contributed by atoms with Crippen molar-refractivity contribution in [2.24, 2.45) is 0 Å². The maximum atomic E-state index is 12.5. The van der Waals surface area contributed by atoms with Gasteiger partial charge in [0.2, 0.25) is 0 Å². The van der Waals surface area contributed by atoms with Crippen LogP contribution in [0.3, 0.4) is 0 Å². The first-order valence-electron chi connectivity index (χ1n) is 4.84. The van der Waals surface area contributed by atoms with E-state index in [2.05, 4.69) is 5.32 Å². The van der Waals surface area contributed by atoms with E-state index in [4.69, 9.17) is 4.74 Å². The van der Waals surface area contributed by atoms with Crippen molar-refractivity contribution < 1.29 is 17.9 Å². The van der Waals surface area contributed by atoms with Gasteiger partial charge in [-0.1, -0.05) is 0 Å². The number of rotatable bonds is 3. The molecule has 2 fully saturated rings. The zero-order valence-corrected chi connectivity index (χ0v) is 8.03. The van der Waals surface area contributed by atoms with E-state index < -0.39 is 11.7 Å². The largest absolute Gasteiger partial charge is 0.406 e. The molecule has 0 aromatic rings. The summed E-state index contributed by atoms with van der Waals surface area (Å²) in [4.78, 5) is 0. The van der Waals surface area contributed by atoms with Crippen molar-refractivity contribution in [1.82, 2.24) is 5.32 Å². The highest BCUT2D eigenvalue weighted by molar-refractivity contribution is 5.10. The Morgan fingerprint density at radius 1 is 1.29 bits per heavy atom. The fourth-order valence-corrected chi connectivity index (χ4v) is 1.90. The third kappa shape index (κ3) is 1.63. The minimum Gasteiger partial charge on any atom is -0.381 e. The van der Waals surface area contributed by atoms with E-state index in [1.165, 1.54) is 0 Å². The Bertz CT molecular complexity index is 219. The van der Waals surface area contributed by atoms with E-state index in [0.717, 1.165) is 0 Å². The number of hydrogen-bond acceptors (Lipinski definition) is 2. The molecule has 82 valence electrons. The van der Waals surface area contributed by atoms with Crippen molar-refractivity contribution in [1.29, 1.82) is 0 Å². The Morgan fingerprint density at radius 2 is 1.86 bits per heavy atom. The molecule has 0 aromatic heterocycles. The molecule has 0 aromatic carbocycles. The third-order valence-corrected chi connectivity index (χ3v) is 3.20. The highest BCUT2D eigenvalue weighted by atomic mass is 19.4. The molecule has 0 bridgehead atoms. The fraction of sp³-hybridized carbons (Fsp3) is 1.00. The average Bonchev–Trinajstić information content (AvgIpc) is 2.75. The topological polar surface area (TPSA) is 21.3 Å². The van der Waals surface area contributed by atoms with E-state index >= 15 is 0 Å². The van der Waals surface area contributed by atoms with Gasteiger partial charge in [-0.3, -0.25) is 0 Å². The number of methoxy groups -OCH3 is 1. The third-order valence-electron chi connectivity index (χ3n) is 3.20. The molecular formula is C9H14F3NO. The number of ether oxygens (including phenoxy) is 1. The van der Waals surface area contributed by atoms with E-state index in [0.29, 0.717) is 12.8 Å². The average molecular weight is 209 g/mol. The number of nitrogens with one attached hydrogen (secondary N) is 1. The summed E-state index contributed by atoms with van der Waals surface area (Å²) in [6, 6.07) is -0.0101. The van der Waals surface area contributed by atoms with Crippen molar-refractivity contribution in [3.63, 3.8) is 0 Å². The fourth-order valence-electron chi connectivity index (χ4n) is 1.90. The first kappa shape index (κ1) is 10.2. The zero-order valence-electron chi connectivity index (χ0n) is 8.03. The molecule has 2 aliphatic rings. The van der Waals surface area contributed by atoms with Crippen LogP contribution in [0.25, 0.3) is 0 Å². The summed E-state index contributed by atoms with van der Waals surface area (Å²) >= 11 is 0. The van der Waals surface area contributed by atoms with Crippen molar-refractivity contribution in [3.8, 4) is 0 Å². The molecule has 2 saturated carbocycles. The van der Waals surface area contributed by atoms with Crippen LogP contribution < -0.4 is 5.32 Å². The van der Waals surface area contributed by atoms with E-state index in [-0.39, 0.29) is 25.0 Å². The Balaban J connectivity index is 1.82. The summed E-state index contributed by atoms with van der Waals surface area (Å²) in [5.41, 5.74) is -1.56. The normalized spacial score (nSPS) is 35.1. The zero-order chi connectivity index (χ0) is 10.4. The van der Waals surface area contributed by atoms with Gasteiger partial charge in [0, 0.05) is 13.2 Å². The van der Waals surface area contributed by atoms with Crippen LogP contribution in [0.15, 0.2) is 0 Å². The molecule has 0 radical (unpaired) electrons. The number of halogens is 3. The van der Waals surface area contributed by atoms with Crippen LogP contribution in [0.2, 0.25) is 0 Å². The molecule has 2 nitrogen and oxygen atoms in total. The van der Waals surface area contributed by atoms with Gasteiger partial charge < -0.3 is 10.1 Å². The monoisotopic (exact) mass is 209 g/mol. The highest BCUT2D eigenvalue weighted by Crippen LogP contribution is 2.50. The standard InChI is InChI=1S/C9H14F3NO/c1-14-7-4-6(5-7)13-8(2-3-8)9(10,11)12/h6-7,13H,2-5H2,1H3. The highest BCUT2D eigenvalue weighted by Gasteiger charge is 2.64. The summed E-state index contributed by atoms with van der Waals surface area (Å²) in [6.45, 7) is 0. The summed E-state index contributed by atoms with van der Waals surface area (Å²) in [7, 11) is 1.59. The van der Waals surface area contributed by atoms with Gasteiger partial charge in [-0.25, -0.2) is 0 Å². The van der Waals surface area contributed by atoms with Gasteiger partial charge in [-0.05, 0) is 25.7 Å². The molecule has 1 N–H and O–H groups in total. The second kappa shape index (κ2) is 3.10. The second-order valence-corrected chi connectivity index (χ2v) is 4.25. The first-order valence-corrected chi connectivity index (χ1v) is 4.84. The van der Waals surface area contributed by atoms with Crippen molar-refractivity contribution >= 4 is 0 Å². The second-order valence-electron chi connectivity index (χ2n) is 4.25. The summed E-state index contributed by atoms with van der Waals surface area (Å²) in [5, 5.41) is 2.70. The Hall–Kier alpha value is -0.290. The molecule has 0 amide bonds. The Labute approximate surface area is 80.8 Å². The van der Waals surface area contributed by atoms with Gasteiger partial charge in [0.1, 0.15) is 5.54 Å². The quantitative estimate of drug-likeness (QED) is 0.765. The van der Waals surface area contributed by atoms with E-state index in [1.807, 2.05) is 0 Å². The predicted octanol–water partition coefficient (Wildman–Crippen LogP) is 1.85. The van der Waals surface area contributed by atoms with E-state index in [9.17, 15) is 13.2 Å². The molecule has 5 heteroatoms. The molecule has 0 atom stereocenters. The maximum Gasteiger partial charge on any atom is 0.406 e. The van der Waals surface area contributed by atoms with Gasteiger partial charge in [-0.15, -0.1) is 0 Å². The molecule has 0 heterocycles. The van der Waals surface area contributed by atoms with Gasteiger partial charge in [0.05, 0.1) is 6.10 Å². The number of hydrogen-bond donors (Lipinski definition) is 1. The van der Waals surface area contributed by atoms with E-state index in [1.54, 1.807) is 7.11 Å². The SMILES string of the molecule is COC1CC(NC2(C(F)(F)F)CC2)C1. The van der Waals surface area contributed by atoms with Crippen LogP contribution in [-0.4, -0.2) is 31.0 Å². The van der Waals surface area contributed by atoms with Crippen LogP contribution >= 0.6 is 0 Å². The van der Waals surface area contributed by atoms with Gasteiger partial charge >= 0.3 is 6.18 Å². The van der Waals surface area contributed by atoms with Gasteiger partial charge in [0.15, 0.2) is 0 Å². The minimum absolute atomic E-state index is 0.0101. The van der Waals surface area contributed by atoms with Crippen molar-refractivity contribution in [2.75, 3.05) is 7.11 Å². The predicted molar refractivity (Wildman–Crippen MR) is 45.0 cm³/mol.